The molecule has 0 saturated carbocycles. The van der Waals surface area contributed by atoms with Gasteiger partial charge in [0.1, 0.15) is 5.60 Å². The van der Waals surface area contributed by atoms with Crippen molar-refractivity contribution < 1.29 is 19.4 Å². The molecule has 2 atom stereocenters. The molecular weight excluding hydrogens is 246 g/mol. The topological polar surface area (TPSA) is 66.8 Å². The minimum Gasteiger partial charge on any atom is -0.481 e. The molecule has 0 spiro atoms. The predicted molar refractivity (Wildman–Crippen MR) is 71.9 cm³/mol. The van der Waals surface area contributed by atoms with E-state index in [1.165, 1.54) is 4.90 Å². The Kier molecular flexibility index (Phi) is 4.82. The molecule has 0 aliphatic carbocycles. The number of rotatable bonds is 2. The highest BCUT2D eigenvalue weighted by atomic mass is 16.6. The largest absolute Gasteiger partial charge is 0.481 e. The molecule has 1 fully saturated rings. The highest BCUT2D eigenvalue weighted by Gasteiger charge is 2.38. The zero-order valence-corrected chi connectivity index (χ0v) is 12.5. The number of carboxylic acids is 1. The summed E-state index contributed by atoms with van der Waals surface area (Å²) >= 11 is 0. The molecule has 1 heterocycles. The fourth-order valence-electron chi connectivity index (χ4n) is 2.52. The summed E-state index contributed by atoms with van der Waals surface area (Å²) in [6, 6.07) is 0. The molecule has 0 aromatic carbocycles. The summed E-state index contributed by atoms with van der Waals surface area (Å²) in [5.41, 5.74) is -0.551. The van der Waals surface area contributed by atoms with Crippen LogP contribution < -0.4 is 0 Å². The van der Waals surface area contributed by atoms with Gasteiger partial charge in [0.05, 0.1) is 5.92 Å². The summed E-state index contributed by atoms with van der Waals surface area (Å²) in [6.45, 7) is 10.3. The molecule has 1 N–H and O–H groups in total. The van der Waals surface area contributed by atoms with Crippen LogP contribution in [0.2, 0.25) is 0 Å². The molecule has 0 radical (unpaired) electrons. The van der Waals surface area contributed by atoms with Crippen LogP contribution in [0.1, 0.15) is 41.0 Å². The van der Waals surface area contributed by atoms with Gasteiger partial charge in [0.25, 0.3) is 0 Å². The van der Waals surface area contributed by atoms with Gasteiger partial charge in [0.2, 0.25) is 0 Å². The minimum atomic E-state index is -0.827. The van der Waals surface area contributed by atoms with Gasteiger partial charge >= 0.3 is 12.1 Å². The molecule has 0 aromatic heterocycles. The number of amides is 1. The minimum absolute atomic E-state index is 0.121. The van der Waals surface area contributed by atoms with E-state index in [9.17, 15) is 14.7 Å². The third-order valence-electron chi connectivity index (χ3n) is 3.49. The van der Waals surface area contributed by atoms with Crippen LogP contribution >= 0.6 is 0 Å². The van der Waals surface area contributed by atoms with Gasteiger partial charge < -0.3 is 14.7 Å². The van der Waals surface area contributed by atoms with E-state index in [0.29, 0.717) is 18.9 Å². The molecular formula is C14H25NO4. The maximum atomic E-state index is 12.0. The summed E-state index contributed by atoms with van der Waals surface area (Å²) < 4.78 is 5.30. The van der Waals surface area contributed by atoms with Gasteiger partial charge in [-0.25, -0.2) is 4.79 Å². The second-order valence-electron chi connectivity index (χ2n) is 6.57. The average Bonchev–Trinajstić information content (AvgIpc) is 2.25. The van der Waals surface area contributed by atoms with Crippen molar-refractivity contribution in [3.8, 4) is 0 Å². The Bertz CT molecular complexity index is 346. The van der Waals surface area contributed by atoms with E-state index in [1.807, 2.05) is 13.8 Å². The van der Waals surface area contributed by atoms with Gasteiger partial charge in [-0.15, -0.1) is 0 Å². The Morgan fingerprint density at radius 1 is 1.32 bits per heavy atom. The number of carbonyl (C=O) groups excluding carboxylic acids is 1. The van der Waals surface area contributed by atoms with Crippen LogP contribution in [-0.4, -0.2) is 40.8 Å². The summed E-state index contributed by atoms with van der Waals surface area (Å²) in [5.74, 6) is -0.897. The van der Waals surface area contributed by atoms with Crippen molar-refractivity contribution >= 4 is 12.1 Å². The number of ether oxygens (including phenoxy) is 1. The Hall–Kier alpha value is -1.26. The molecule has 0 unspecified atom stereocenters. The monoisotopic (exact) mass is 271 g/mol. The number of likely N-dealkylation sites (tertiary alicyclic amines) is 1. The van der Waals surface area contributed by atoms with Gasteiger partial charge in [0, 0.05) is 13.1 Å². The van der Waals surface area contributed by atoms with E-state index >= 15 is 0 Å². The predicted octanol–water partition coefficient (Wildman–Crippen LogP) is 2.60. The standard InChI is InChI=1S/C14H25NO4/c1-9(2)10-6-7-15(8-11(10)12(16)17)13(18)19-14(3,4)5/h9-11H,6-8H2,1-5H3,(H,16,17)/t10-,11+/m0/s1. The van der Waals surface area contributed by atoms with Crippen molar-refractivity contribution in [3.05, 3.63) is 0 Å². The number of carbonyl (C=O) groups is 2. The van der Waals surface area contributed by atoms with Crippen molar-refractivity contribution in [2.75, 3.05) is 13.1 Å². The van der Waals surface area contributed by atoms with E-state index < -0.39 is 23.6 Å². The lowest BCUT2D eigenvalue weighted by Crippen LogP contribution is -2.49. The van der Waals surface area contributed by atoms with Crippen LogP contribution in [0.15, 0.2) is 0 Å². The molecule has 1 aliphatic rings. The van der Waals surface area contributed by atoms with E-state index in [4.69, 9.17) is 4.74 Å². The van der Waals surface area contributed by atoms with Crippen LogP contribution in [0.25, 0.3) is 0 Å². The van der Waals surface area contributed by atoms with Gasteiger partial charge in [-0.05, 0) is 39.0 Å². The average molecular weight is 271 g/mol. The van der Waals surface area contributed by atoms with Crippen molar-refractivity contribution in [2.24, 2.45) is 17.8 Å². The van der Waals surface area contributed by atoms with Crippen molar-refractivity contribution in [1.29, 1.82) is 0 Å². The molecule has 1 saturated heterocycles. The lowest BCUT2D eigenvalue weighted by molar-refractivity contribution is -0.146. The fraction of sp³-hybridized carbons (Fsp3) is 0.857. The fourth-order valence-corrected chi connectivity index (χ4v) is 2.52. The van der Waals surface area contributed by atoms with E-state index in [2.05, 4.69) is 0 Å². The molecule has 1 aliphatic heterocycles. The number of aliphatic carboxylic acids is 1. The third-order valence-corrected chi connectivity index (χ3v) is 3.49. The molecule has 1 rings (SSSR count). The van der Waals surface area contributed by atoms with E-state index in [-0.39, 0.29) is 12.5 Å². The van der Waals surface area contributed by atoms with Gasteiger partial charge in [-0.2, -0.15) is 0 Å². The summed E-state index contributed by atoms with van der Waals surface area (Å²) in [5, 5.41) is 9.31. The van der Waals surface area contributed by atoms with E-state index in [1.54, 1.807) is 20.8 Å². The first kappa shape index (κ1) is 15.8. The Labute approximate surface area is 114 Å². The highest BCUT2D eigenvalue weighted by molar-refractivity contribution is 5.73. The second-order valence-corrected chi connectivity index (χ2v) is 6.57. The quantitative estimate of drug-likeness (QED) is 0.838. The second kappa shape index (κ2) is 5.80. The first-order valence-corrected chi connectivity index (χ1v) is 6.82. The smallest absolute Gasteiger partial charge is 0.410 e. The number of hydrogen-bond donors (Lipinski definition) is 1. The van der Waals surface area contributed by atoms with Crippen molar-refractivity contribution in [1.82, 2.24) is 4.90 Å². The third kappa shape index (κ3) is 4.40. The Morgan fingerprint density at radius 3 is 2.32 bits per heavy atom. The van der Waals surface area contributed by atoms with Crippen LogP contribution in [0.5, 0.6) is 0 Å². The molecule has 1 amide bonds. The first-order chi connectivity index (χ1) is 8.61. The van der Waals surface area contributed by atoms with Gasteiger partial charge in [-0.1, -0.05) is 13.8 Å². The van der Waals surface area contributed by atoms with Crippen LogP contribution in [0, 0.1) is 17.8 Å². The number of piperidine rings is 1. The molecule has 0 bridgehead atoms. The molecule has 5 heteroatoms. The summed E-state index contributed by atoms with van der Waals surface area (Å²) in [7, 11) is 0. The van der Waals surface area contributed by atoms with E-state index in [0.717, 1.165) is 0 Å². The van der Waals surface area contributed by atoms with Gasteiger partial charge in [0.15, 0.2) is 0 Å². The van der Waals surface area contributed by atoms with Crippen molar-refractivity contribution in [2.45, 2.75) is 46.6 Å². The number of hydrogen-bond acceptors (Lipinski definition) is 3. The Morgan fingerprint density at radius 2 is 1.89 bits per heavy atom. The SMILES string of the molecule is CC(C)[C@@H]1CCN(C(=O)OC(C)(C)C)C[C@H]1C(=O)O. The zero-order valence-electron chi connectivity index (χ0n) is 12.5. The molecule has 0 aromatic rings. The summed E-state index contributed by atoms with van der Waals surface area (Å²) in [6.07, 6.45) is 0.300. The highest BCUT2D eigenvalue weighted by Crippen LogP contribution is 2.30. The Balaban J connectivity index is 2.71. The lowest BCUT2D eigenvalue weighted by Gasteiger charge is -2.38. The lowest BCUT2D eigenvalue weighted by atomic mass is 9.78. The maximum absolute atomic E-state index is 12.0. The first-order valence-electron chi connectivity index (χ1n) is 6.82. The maximum Gasteiger partial charge on any atom is 0.410 e. The zero-order chi connectivity index (χ0) is 14.8. The molecule has 19 heavy (non-hydrogen) atoms. The van der Waals surface area contributed by atoms with Crippen LogP contribution in [0.4, 0.5) is 4.79 Å². The van der Waals surface area contributed by atoms with Crippen molar-refractivity contribution in [3.63, 3.8) is 0 Å². The van der Waals surface area contributed by atoms with Crippen LogP contribution in [-0.2, 0) is 9.53 Å². The normalized spacial score (nSPS) is 24.4. The number of nitrogens with zero attached hydrogens (tertiary/aromatic N) is 1. The molecule has 110 valence electrons. The molecule has 5 nitrogen and oxygen atoms in total. The number of carboxylic acid groups (broad SMARTS) is 1. The van der Waals surface area contributed by atoms with Crippen LogP contribution in [0.3, 0.4) is 0 Å². The van der Waals surface area contributed by atoms with Gasteiger partial charge in [-0.3, -0.25) is 4.79 Å². The summed E-state index contributed by atoms with van der Waals surface area (Å²) in [4.78, 5) is 24.8.